The van der Waals surface area contributed by atoms with Gasteiger partial charge in [0, 0.05) is 32.6 Å². The van der Waals surface area contributed by atoms with Gasteiger partial charge in [-0.05, 0) is 43.6 Å². The van der Waals surface area contributed by atoms with Crippen molar-refractivity contribution in [2.45, 2.75) is 64.1 Å². The van der Waals surface area contributed by atoms with Crippen molar-refractivity contribution in [1.82, 2.24) is 14.7 Å². The number of piperidine rings is 1. The highest BCUT2D eigenvalue weighted by Gasteiger charge is 2.44. The summed E-state index contributed by atoms with van der Waals surface area (Å²) in [5.41, 5.74) is 1.03. The molecule has 3 heterocycles. The van der Waals surface area contributed by atoms with Gasteiger partial charge in [-0.3, -0.25) is 14.4 Å². The first-order valence-electron chi connectivity index (χ1n) is 11.0. The van der Waals surface area contributed by atoms with Crippen molar-refractivity contribution < 1.29 is 14.4 Å². The number of amides is 3. The van der Waals surface area contributed by atoms with E-state index in [-0.39, 0.29) is 23.8 Å². The number of carbonyl (C=O) groups excluding carboxylic acids is 3. The zero-order valence-electron chi connectivity index (χ0n) is 17.3. The largest absolute Gasteiger partial charge is 0.341 e. The Hall–Kier alpha value is -2.37. The van der Waals surface area contributed by atoms with Crippen molar-refractivity contribution in [2.24, 2.45) is 5.92 Å². The molecule has 1 aromatic rings. The number of likely N-dealkylation sites (tertiary alicyclic amines) is 3. The molecule has 29 heavy (non-hydrogen) atoms. The van der Waals surface area contributed by atoms with E-state index in [0.29, 0.717) is 31.8 Å². The Morgan fingerprint density at radius 3 is 2.38 bits per heavy atom. The summed E-state index contributed by atoms with van der Waals surface area (Å²) in [7, 11) is 0. The molecule has 0 bridgehead atoms. The van der Waals surface area contributed by atoms with E-state index < -0.39 is 6.04 Å². The number of rotatable bonds is 4. The van der Waals surface area contributed by atoms with E-state index in [2.05, 4.69) is 6.92 Å². The van der Waals surface area contributed by atoms with Crippen LogP contribution in [0.2, 0.25) is 0 Å². The van der Waals surface area contributed by atoms with Crippen molar-refractivity contribution >= 4 is 17.7 Å². The average molecular weight is 398 g/mol. The Bertz CT molecular complexity index is 758. The lowest BCUT2D eigenvalue weighted by Crippen LogP contribution is -2.53. The van der Waals surface area contributed by atoms with Crippen LogP contribution in [-0.2, 0) is 20.9 Å². The molecular formula is C23H31N3O3. The van der Waals surface area contributed by atoms with Crippen LogP contribution in [0, 0.1) is 5.92 Å². The van der Waals surface area contributed by atoms with Crippen LogP contribution >= 0.6 is 0 Å². The summed E-state index contributed by atoms with van der Waals surface area (Å²) in [6, 6.07) is 8.99. The summed E-state index contributed by atoms with van der Waals surface area (Å²) >= 11 is 0. The molecule has 3 aliphatic rings. The first-order valence-corrected chi connectivity index (χ1v) is 11.0. The van der Waals surface area contributed by atoms with Crippen molar-refractivity contribution in [3.05, 3.63) is 35.9 Å². The minimum Gasteiger partial charge on any atom is -0.341 e. The number of nitrogens with zero attached hydrogens (tertiary/aromatic N) is 3. The van der Waals surface area contributed by atoms with Crippen molar-refractivity contribution in [2.75, 3.05) is 19.6 Å². The molecule has 156 valence electrons. The molecule has 0 aromatic heterocycles. The highest BCUT2D eigenvalue weighted by molar-refractivity contribution is 5.94. The molecule has 4 rings (SSSR count). The zero-order chi connectivity index (χ0) is 20.4. The number of benzene rings is 1. The minimum atomic E-state index is -0.447. The highest BCUT2D eigenvalue weighted by atomic mass is 16.2. The van der Waals surface area contributed by atoms with Crippen LogP contribution in [0.5, 0.6) is 0 Å². The molecule has 3 fully saturated rings. The molecule has 6 nitrogen and oxygen atoms in total. The van der Waals surface area contributed by atoms with Gasteiger partial charge in [0.05, 0.1) is 0 Å². The summed E-state index contributed by atoms with van der Waals surface area (Å²) < 4.78 is 0. The Morgan fingerprint density at radius 1 is 0.931 bits per heavy atom. The first-order chi connectivity index (χ1) is 14.0. The van der Waals surface area contributed by atoms with Crippen LogP contribution in [-0.4, -0.2) is 64.1 Å². The second-order valence-electron chi connectivity index (χ2n) is 8.76. The summed E-state index contributed by atoms with van der Waals surface area (Å²) in [5.74, 6) is 0.741. The van der Waals surface area contributed by atoms with Crippen LogP contribution < -0.4 is 0 Å². The lowest BCUT2D eigenvalue weighted by atomic mass is 9.98. The molecule has 2 atom stereocenters. The monoisotopic (exact) mass is 397 g/mol. The average Bonchev–Trinajstić information content (AvgIpc) is 3.36. The van der Waals surface area contributed by atoms with Gasteiger partial charge < -0.3 is 14.7 Å². The summed E-state index contributed by atoms with van der Waals surface area (Å²) in [6.45, 7) is 4.88. The molecular weight excluding hydrogens is 366 g/mol. The van der Waals surface area contributed by atoms with Gasteiger partial charge in [0.2, 0.25) is 17.7 Å². The minimum absolute atomic E-state index is 0.0271. The molecule has 0 spiro atoms. The first kappa shape index (κ1) is 19.9. The molecule has 0 N–H and O–H groups in total. The number of hydrogen-bond acceptors (Lipinski definition) is 3. The zero-order valence-corrected chi connectivity index (χ0v) is 17.3. The highest BCUT2D eigenvalue weighted by Crippen LogP contribution is 2.28. The van der Waals surface area contributed by atoms with Gasteiger partial charge in [-0.25, -0.2) is 0 Å². The summed E-state index contributed by atoms with van der Waals surface area (Å²) in [5, 5.41) is 0. The second-order valence-corrected chi connectivity index (χ2v) is 8.76. The van der Waals surface area contributed by atoms with E-state index in [1.54, 1.807) is 9.80 Å². The van der Waals surface area contributed by atoms with Gasteiger partial charge in [0.15, 0.2) is 0 Å². The maximum absolute atomic E-state index is 13.4. The van der Waals surface area contributed by atoms with Crippen LogP contribution in [0.3, 0.4) is 0 Å². The normalized spacial score (nSPS) is 25.7. The predicted octanol–water partition coefficient (Wildman–Crippen LogP) is 2.43. The molecule has 1 aromatic carbocycles. The van der Waals surface area contributed by atoms with E-state index in [1.165, 1.54) is 0 Å². The van der Waals surface area contributed by atoms with E-state index in [1.807, 2.05) is 35.2 Å². The van der Waals surface area contributed by atoms with Crippen molar-refractivity contribution in [1.29, 1.82) is 0 Å². The Labute approximate surface area is 172 Å². The Morgan fingerprint density at radius 2 is 1.66 bits per heavy atom. The summed E-state index contributed by atoms with van der Waals surface area (Å²) in [6.07, 6.45) is 4.60. The molecule has 6 heteroatoms. The molecule has 3 saturated heterocycles. The van der Waals surface area contributed by atoms with Crippen molar-refractivity contribution in [3.63, 3.8) is 0 Å². The van der Waals surface area contributed by atoms with E-state index in [9.17, 15) is 14.4 Å². The topological polar surface area (TPSA) is 60.9 Å². The van der Waals surface area contributed by atoms with Gasteiger partial charge in [0.1, 0.15) is 12.1 Å². The molecule has 0 radical (unpaired) electrons. The van der Waals surface area contributed by atoms with Gasteiger partial charge in [-0.15, -0.1) is 0 Å². The number of carbonyl (C=O) groups is 3. The fourth-order valence-electron chi connectivity index (χ4n) is 4.89. The number of hydrogen-bond donors (Lipinski definition) is 0. The fourth-order valence-corrected chi connectivity index (χ4v) is 4.89. The Kier molecular flexibility index (Phi) is 5.88. The molecule has 2 unspecified atom stereocenters. The molecule has 3 amide bonds. The summed E-state index contributed by atoms with van der Waals surface area (Å²) in [4.78, 5) is 44.4. The van der Waals surface area contributed by atoms with E-state index in [0.717, 1.165) is 44.3 Å². The van der Waals surface area contributed by atoms with E-state index >= 15 is 0 Å². The molecule has 0 saturated carbocycles. The lowest BCUT2D eigenvalue weighted by molar-refractivity contribution is -0.148. The molecule has 0 aliphatic carbocycles. The van der Waals surface area contributed by atoms with Crippen LogP contribution in [0.1, 0.15) is 51.0 Å². The standard InChI is InChI=1S/C23H31N3O3/c1-17-11-14-24(15-12-17)22(28)19-8-5-13-25(19)23(29)20-9-10-21(27)26(20)16-18-6-3-2-4-7-18/h2-4,6-7,17,19-20H,5,8-16H2,1H3. The lowest BCUT2D eigenvalue weighted by Gasteiger charge is -2.36. The second kappa shape index (κ2) is 8.56. The maximum atomic E-state index is 13.4. The van der Waals surface area contributed by atoms with Gasteiger partial charge >= 0.3 is 0 Å². The third-order valence-electron chi connectivity index (χ3n) is 6.73. The van der Waals surface area contributed by atoms with Crippen molar-refractivity contribution in [3.8, 4) is 0 Å². The maximum Gasteiger partial charge on any atom is 0.246 e. The smallest absolute Gasteiger partial charge is 0.246 e. The quantitative estimate of drug-likeness (QED) is 0.784. The van der Waals surface area contributed by atoms with Gasteiger partial charge in [-0.2, -0.15) is 0 Å². The molecule has 3 aliphatic heterocycles. The van der Waals surface area contributed by atoms with Crippen LogP contribution in [0.4, 0.5) is 0 Å². The van der Waals surface area contributed by atoms with E-state index in [4.69, 9.17) is 0 Å². The predicted molar refractivity (Wildman–Crippen MR) is 110 cm³/mol. The Balaban J connectivity index is 1.45. The van der Waals surface area contributed by atoms with Crippen LogP contribution in [0.25, 0.3) is 0 Å². The van der Waals surface area contributed by atoms with Crippen LogP contribution in [0.15, 0.2) is 30.3 Å². The van der Waals surface area contributed by atoms with Gasteiger partial charge in [0.25, 0.3) is 0 Å². The SMILES string of the molecule is CC1CCN(C(=O)C2CCCN2C(=O)C2CCC(=O)N2Cc2ccccc2)CC1. The third kappa shape index (κ3) is 4.16. The fraction of sp³-hybridized carbons (Fsp3) is 0.609. The van der Waals surface area contributed by atoms with Gasteiger partial charge in [-0.1, -0.05) is 37.3 Å². The third-order valence-corrected chi connectivity index (χ3v) is 6.73.